The molecule has 18 heavy (non-hydrogen) atoms. The number of hydrogen-bond acceptors (Lipinski definition) is 2. The maximum absolute atomic E-state index is 12.6. The number of carbonyl (C=O) groups is 1. The standard InChI is InChI=1S/C15H30N2O/c1-5-8-15(9-7-10-16-11-15)14(18)17-13(4)12(3)6-2/h12-13,16H,5-11H2,1-4H3,(H,17,18). The lowest BCUT2D eigenvalue weighted by molar-refractivity contribution is -0.133. The van der Waals surface area contributed by atoms with Gasteiger partial charge in [0.1, 0.15) is 0 Å². The molecule has 3 atom stereocenters. The number of hydrogen-bond donors (Lipinski definition) is 2. The van der Waals surface area contributed by atoms with E-state index in [-0.39, 0.29) is 17.4 Å². The molecular weight excluding hydrogens is 224 g/mol. The summed E-state index contributed by atoms with van der Waals surface area (Å²) in [5, 5.41) is 6.64. The lowest BCUT2D eigenvalue weighted by Crippen LogP contribution is -2.53. The number of amides is 1. The molecule has 1 aliphatic heterocycles. The van der Waals surface area contributed by atoms with Gasteiger partial charge in [-0.2, -0.15) is 0 Å². The number of nitrogens with one attached hydrogen (secondary N) is 2. The molecule has 0 saturated carbocycles. The second-order valence-corrected chi connectivity index (χ2v) is 5.96. The van der Waals surface area contributed by atoms with E-state index in [0.717, 1.165) is 45.2 Å². The van der Waals surface area contributed by atoms with E-state index in [1.165, 1.54) is 0 Å². The van der Waals surface area contributed by atoms with Crippen molar-refractivity contribution in [2.45, 2.75) is 65.8 Å². The van der Waals surface area contributed by atoms with E-state index in [2.05, 4.69) is 38.3 Å². The van der Waals surface area contributed by atoms with Crippen LogP contribution in [-0.2, 0) is 4.79 Å². The number of carbonyl (C=O) groups excluding carboxylic acids is 1. The third-order valence-electron chi connectivity index (χ3n) is 4.54. The van der Waals surface area contributed by atoms with Crippen LogP contribution in [0, 0.1) is 11.3 Å². The van der Waals surface area contributed by atoms with Gasteiger partial charge in [-0.1, -0.05) is 33.6 Å². The number of rotatable bonds is 6. The summed E-state index contributed by atoms with van der Waals surface area (Å²) in [6.45, 7) is 10.6. The van der Waals surface area contributed by atoms with Crippen LogP contribution in [0.15, 0.2) is 0 Å². The Morgan fingerprint density at radius 2 is 2.11 bits per heavy atom. The molecule has 1 fully saturated rings. The Labute approximate surface area is 112 Å². The van der Waals surface area contributed by atoms with Crippen LogP contribution in [0.1, 0.15) is 59.8 Å². The maximum Gasteiger partial charge on any atom is 0.227 e. The van der Waals surface area contributed by atoms with Crippen molar-refractivity contribution < 1.29 is 4.79 Å². The highest BCUT2D eigenvalue weighted by atomic mass is 16.2. The lowest BCUT2D eigenvalue weighted by atomic mass is 9.76. The molecule has 1 heterocycles. The van der Waals surface area contributed by atoms with Gasteiger partial charge in [0.25, 0.3) is 0 Å². The van der Waals surface area contributed by atoms with Gasteiger partial charge in [-0.25, -0.2) is 0 Å². The van der Waals surface area contributed by atoms with Gasteiger partial charge < -0.3 is 10.6 Å². The summed E-state index contributed by atoms with van der Waals surface area (Å²) in [6, 6.07) is 0.276. The van der Waals surface area contributed by atoms with Crippen molar-refractivity contribution in [3.05, 3.63) is 0 Å². The van der Waals surface area contributed by atoms with Crippen LogP contribution < -0.4 is 10.6 Å². The van der Waals surface area contributed by atoms with Crippen LogP contribution in [0.2, 0.25) is 0 Å². The number of piperidine rings is 1. The zero-order valence-corrected chi connectivity index (χ0v) is 12.5. The van der Waals surface area contributed by atoms with Crippen LogP contribution in [0.25, 0.3) is 0 Å². The van der Waals surface area contributed by atoms with Gasteiger partial charge >= 0.3 is 0 Å². The van der Waals surface area contributed by atoms with Crippen molar-refractivity contribution in [3.63, 3.8) is 0 Å². The second kappa shape index (κ2) is 7.13. The smallest absolute Gasteiger partial charge is 0.227 e. The van der Waals surface area contributed by atoms with Gasteiger partial charge in [0.2, 0.25) is 5.91 Å². The monoisotopic (exact) mass is 254 g/mol. The minimum atomic E-state index is -0.158. The molecule has 2 N–H and O–H groups in total. The molecule has 0 spiro atoms. The molecule has 0 bridgehead atoms. The summed E-state index contributed by atoms with van der Waals surface area (Å²) in [4.78, 5) is 12.6. The summed E-state index contributed by atoms with van der Waals surface area (Å²) >= 11 is 0. The predicted molar refractivity (Wildman–Crippen MR) is 76.5 cm³/mol. The largest absolute Gasteiger partial charge is 0.353 e. The minimum Gasteiger partial charge on any atom is -0.353 e. The SMILES string of the molecule is CCCC1(C(=O)NC(C)C(C)CC)CCCNC1. The Kier molecular flexibility index (Phi) is 6.13. The van der Waals surface area contributed by atoms with E-state index in [1.807, 2.05) is 0 Å². The Bertz CT molecular complexity index is 254. The van der Waals surface area contributed by atoms with Gasteiger partial charge in [0, 0.05) is 12.6 Å². The third kappa shape index (κ3) is 3.71. The quantitative estimate of drug-likeness (QED) is 0.765. The molecule has 1 rings (SSSR count). The zero-order chi connectivity index (χ0) is 13.6. The average Bonchev–Trinajstić information content (AvgIpc) is 2.39. The third-order valence-corrected chi connectivity index (χ3v) is 4.54. The molecule has 3 heteroatoms. The van der Waals surface area contributed by atoms with E-state index >= 15 is 0 Å². The van der Waals surface area contributed by atoms with Crippen LogP contribution >= 0.6 is 0 Å². The fourth-order valence-electron chi connectivity index (χ4n) is 2.82. The van der Waals surface area contributed by atoms with Crippen molar-refractivity contribution in [1.82, 2.24) is 10.6 Å². The Hall–Kier alpha value is -0.570. The minimum absolute atomic E-state index is 0.158. The Morgan fingerprint density at radius 1 is 1.39 bits per heavy atom. The second-order valence-electron chi connectivity index (χ2n) is 5.96. The van der Waals surface area contributed by atoms with Crippen molar-refractivity contribution in [1.29, 1.82) is 0 Å². The van der Waals surface area contributed by atoms with E-state index in [1.54, 1.807) is 0 Å². The normalized spacial score (nSPS) is 27.6. The highest BCUT2D eigenvalue weighted by Crippen LogP contribution is 2.32. The summed E-state index contributed by atoms with van der Waals surface area (Å²) in [5.41, 5.74) is -0.158. The van der Waals surface area contributed by atoms with Gasteiger partial charge in [-0.05, 0) is 38.6 Å². The predicted octanol–water partition coefficient (Wildman–Crippen LogP) is 2.71. The molecule has 1 saturated heterocycles. The topological polar surface area (TPSA) is 41.1 Å². The summed E-state index contributed by atoms with van der Waals surface area (Å²) < 4.78 is 0. The highest BCUT2D eigenvalue weighted by Gasteiger charge is 2.39. The van der Waals surface area contributed by atoms with E-state index in [9.17, 15) is 4.79 Å². The molecule has 3 unspecified atom stereocenters. The molecule has 3 nitrogen and oxygen atoms in total. The van der Waals surface area contributed by atoms with E-state index in [4.69, 9.17) is 0 Å². The average molecular weight is 254 g/mol. The van der Waals surface area contributed by atoms with E-state index < -0.39 is 0 Å². The molecule has 106 valence electrons. The van der Waals surface area contributed by atoms with Gasteiger partial charge in [-0.3, -0.25) is 4.79 Å². The molecule has 1 aliphatic rings. The van der Waals surface area contributed by atoms with Crippen molar-refractivity contribution in [3.8, 4) is 0 Å². The van der Waals surface area contributed by atoms with E-state index in [0.29, 0.717) is 5.92 Å². The molecule has 0 aromatic heterocycles. The maximum atomic E-state index is 12.6. The zero-order valence-electron chi connectivity index (χ0n) is 12.5. The van der Waals surface area contributed by atoms with Crippen molar-refractivity contribution >= 4 is 5.91 Å². The first kappa shape index (κ1) is 15.5. The summed E-state index contributed by atoms with van der Waals surface area (Å²) in [7, 11) is 0. The van der Waals surface area contributed by atoms with Gasteiger partial charge in [-0.15, -0.1) is 0 Å². The first-order valence-corrected chi connectivity index (χ1v) is 7.57. The first-order valence-electron chi connectivity index (χ1n) is 7.57. The molecule has 0 aromatic carbocycles. The van der Waals surface area contributed by atoms with Crippen LogP contribution in [0.4, 0.5) is 0 Å². The summed E-state index contributed by atoms with van der Waals surface area (Å²) in [5.74, 6) is 0.813. The molecule has 0 radical (unpaired) electrons. The van der Waals surface area contributed by atoms with Crippen molar-refractivity contribution in [2.75, 3.05) is 13.1 Å². The Balaban J connectivity index is 2.65. The first-order chi connectivity index (χ1) is 8.55. The van der Waals surface area contributed by atoms with Crippen LogP contribution in [-0.4, -0.2) is 25.0 Å². The van der Waals surface area contributed by atoms with Crippen molar-refractivity contribution in [2.24, 2.45) is 11.3 Å². The van der Waals surface area contributed by atoms with Gasteiger partial charge in [0.05, 0.1) is 5.41 Å². The molecule has 0 aliphatic carbocycles. The lowest BCUT2D eigenvalue weighted by Gasteiger charge is -2.37. The molecule has 1 amide bonds. The molecule has 0 aromatic rings. The highest BCUT2D eigenvalue weighted by molar-refractivity contribution is 5.83. The summed E-state index contributed by atoms with van der Waals surface area (Å²) in [6.07, 6.45) is 5.34. The fraction of sp³-hybridized carbons (Fsp3) is 0.933. The fourth-order valence-corrected chi connectivity index (χ4v) is 2.82. The molecular formula is C15H30N2O. The Morgan fingerprint density at radius 3 is 2.61 bits per heavy atom. The van der Waals surface area contributed by atoms with Crippen LogP contribution in [0.5, 0.6) is 0 Å². The van der Waals surface area contributed by atoms with Gasteiger partial charge in [0.15, 0.2) is 0 Å². The van der Waals surface area contributed by atoms with Crippen LogP contribution in [0.3, 0.4) is 0 Å².